The Bertz CT molecular complexity index is 489. The van der Waals surface area contributed by atoms with E-state index in [-0.39, 0.29) is 5.92 Å². The minimum absolute atomic E-state index is 0.0282. The van der Waals surface area contributed by atoms with Crippen LogP contribution in [0.2, 0.25) is 0 Å². The summed E-state index contributed by atoms with van der Waals surface area (Å²) in [6.07, 6.45) is 7.49. The Morgan fingerprint density at radius 1 is 1.14 bits per heavy atom. The predicted molar refractivity (Wildman–Crippen MR) is 81.4 cm³/mol. The molecular formula is C16H23BF2O3. The largest absolute Gasteiger partial charge is 0.707 e. The lowest BCUT2D eigenvalue weighted by atomic mass is 9.77. The molecule has 0 heterocycles. The summed E-state index contributed by atoms with van der Waals surface area (Å²) in [4.78, 5) is 0. The third-order valence-corrected chi connectivity index (χ3v) is 4.56. The first kappa shape index (κ1) is 17.2. The normalized spacial score (nSPS) is 21.7. The van der Waals surface area contributed by atoms with Gasteiger partial charge in [0, 0.05) is 0 Å². The second-order valence-electron chi connectivity index (χ2n) is 6.08. The van der Waals surface area contributed by atoms with Crippen molar-refractivity contribution in [1.82, 2.24) is 0 Å². The maximum Gasteiger partial charge on any atom is 0.707 e. The van der Waals surface area contributed by atoms with Gasteiger partial charge >= 0.3 is 7.32 Å². The van der Waals surface area contributed by atoms with E-state index < -0.39 is 24.7 Å². The van der Waals surface area contributed by atoms with Crippen LogP contribution in [0.15, 0.2) is 12.1 Å². The van der Waals surface area contributed by atoms with Crippen molar-refractivity contribution in [3.8, 4) is 5.75 Å². The van der Waals surface area contributed by atoms with Gasteiger partial charge in [-0.25, -0.2) is 4.39 Å². The summed E-state index contributed by atoms with van der Waals surface area (Å²) in [5, 5.41) is 17.4. The highest BCUT2D eigenvalue weighted by Crippen LogP contribution is 2.39. The summed E-state index contributed by atoms with van der Waals surface area (Å²) in [5.41, 5.74) is 0.367. The van der Waals surface area contributed by atoms with Crippen molar-refractivity contribution < 1.29 is 23.5 Å². The smallest absolute Gasteiger partial charge is 0.509 e. The van der Waals surface area contributed by atoms with Crippen LogP contribution in [-0.2, 0) is 0 Å². The number of rotatable bonds is 6. The standard InChI is InChI=1S/C16H23BF2O3/c1-2-3-4-11-5-7-12(8-6-11)13-9-10-14(22-17(20)21)16(19)15(13)18/h9-12,20-21H,2-8H2,1H3. The van der Waals surface area contributed by atoms with E-state index in [1.807, 2.05) is 0 Å². The van der Waals surface area contributed by atoms with Crippen LogP contribution in [-0.4, -0.2) is 17.4 Å². The minimum Gasteiger partial charge on any atom is -0.509 e. The van der Waals surface area contributed by atoms with Crippen LogP contribution in [0.1, 0.15) is 63.4 Å². The fraction of sp³-hybridized carbons (Fsp3) is 0.625. The molecule has 22 heavy (non-hydrogen) atoms. The van der Waals surface area contributed by atoms with Gasteiger partial charge in [-0.15, -0.1) is 0 Å². The third-order valence-electron chi connectivity index (χ3n) is 4.56. The molecule has 0 atom stereocenters. The van der Waals surface area contributed by atoms with E-state index in [0.29, 0.717) is 11.5 Å². The van der Waals surface area contributed by atoms with Crippen LogP contribution >= 0.6 is 0 Å². The Labute approximate surface area is 130 Å². The monoisotopic (exact) mass is 312 g/mol. The Kier molecular flexibility index (Phi) is 6.21. The molecule has 2 rings (SSSR count). The van der Waals surface area contributed by atoms with Crippen LogP contribution in [0.5, 0.6) is 5.75 Å². The highest BCUT2D eigenvalue weighted by Gasteiger charge is 2.27. The molecule has 0 unspecified atom stereocenters. The quantitative estimate of drug-likeness (QED) is 0.786. The van der Waals surface area contributed by atoms with Gasteiger partial charge in [-0.3, -0.25) is 0 Å². The van der Waals surface area contributed by atoms with E-state index in [1.165, 1.54) is 31.4 Å². The van der Waals surface area contributed by atoms with E-state index >= 15 is 0 Å². The van der Waals surface area contributed by atoms with E-state index in [0.717, 1.165) is 25.7 Å². The molecule has 1 saturated carbocycles. The van der Waals surface area contributed by atoms with Crippen LogP contribution in [0.25, 0.3) is 0 Å². The van der Waals surface area contributed by atoms with Gasteiger partial charge in [0.1, 0.15) is 5.75 Å². The molecule has 6 heteroatoms. The van der Waals surface area contributed by atoms with Gasteiger partial charge in [-0.05, 0) is 49.1 Å². The summed E-state index contributed by atoms with van der Waals surface area (Å²) >= 11 is 0. The van der Waals surface area contributed by atoms with E-state index in [1.54, 1.807) is 0 Å². The Morgan fingerprint density at radius 2 is 1.82 bits per heavy atom. The highest BCUT2D eigenvalue weighted by molar-refractivity contribution is 6.33. The zero-order chi connectivity index (χ0) is 16.1. The zero-order valence-electron chi connectivity index (χ0n) is 12.9. The van der Waals surface area contributed by atoms with Crippen molar-refractivity contribution in [2.75, 3.05) is 0 Å². The fourth-order valence-electron chi connectivity index (χ4n) is 3.32. The number of benzene rings is 1. The molecule has 0 bridgehead atoms. The molecule has 1 aliphatic rings. The van der Waals surface area contributed by atoms with Crippen molar-refractivity contribution in [2.24, 2.45) is 5.92 Å². The number of unbranched alkanes of at least 4 members (excludes halogenated alkanes) is 1. The summed E-state index contributed by atoms with van der Waals surface area (Å²) in [5.74, 6) is -1.83. The first-order valence-electron chi connectivity index (χ1n) is 8.03. The summed E-state index contributed by atoms with van der Waals surface area (Å²) in [6.45, 7) is 2.18. The van der Waals surface area contributed by atoms with E-state index in [9.17, 15) is 8.78 Å². The molecule has 2 N–H and O–H groups in total. The van der Waals surface area contributed by atoms with Crippen molar-refractivity contribution in [3.05, 3.63) is 29.3 Å². The molecule has 1 aliphatic carbocycles. The van der Waals surface area contributed by atoms with Crippen molar-refractivity contribution >= 4 is 7.32 Å². The van der Waals surface area contributed by atoms with Crippen molar-refractivity contribution in [1.29, 1.82) is 0 Å². The lowest BCUT2D eigenvalue weighted by Gasteiger charge is -2.29. The third kappa shape index (κ3) is 4.20. The minimum atomic E-state index is -2.16. The second-order valence-corrected chi connectivity index (χ2v) is 6.08. The SMILES string of the molecule is CCCCC1CCC(c2ccc(OB(O)O)c(F)c2F)CC1. The summed E-state index contributed by atoms with van der Waals surface area (Å²) < 4.78 is 32.5. The first-order chi connectivity index (χ1) is 10.5. The molecule has 0 radical (unpaired) electrons. The molecule has 0 spiro atoms. The van der Waals surface area contributed by atoms with Crippen molar-refractivity contribution in [2.45, 2.75) is 57.8 Å². The van der Waals surface area contributed by atoms with Gasteiger partial charge in [0.05, 0.1) is 0 Å². The van der Waals surface area contributed by atoms with Crippen LogP contribution in [0, 0.1) is 17.6 Å². The Hall–Kier alpha value is -1.14. The van der Waals surface area contributed by atoms with Crippen LogP contribution < -0.4 is 4.65 Å². The topological polar surface area (TPSA) is 49.7 Å². The number of hydrogen-bond acceptors (Lipinski definition) is 3. The second kappa shape index (κ2) is 7.93. The molecule has 1 fully saturated rings. The maximum atomic E-state index is 14.2. The summed E-state index contributed by atoms with van der Waals surface area (Å²) in [6, 6.07) is 2.75. The highest BCUT2D eigenvalue weighted by atomic mass is 19.2. The predicted octanol–water partition coefficient (Wildman–Crippen LogP) is 3.78. The number of hydrogen-bond donors (Lipinski definition) is 2. The lowest BCUT2D eigenvalue weighted by molar-refractivity contribution is 0.277. The lowest BCUT2D eigenvalue weighted by Crippen LogP contribution is -2.22. The van der Waals surface area contributed by atoms with E-state index in [2.05, 4.69) is 11.6 Å². The molecule has 0 aliphatic heterocycles. The molecule has 3 nitrogen and oxygen atoms in total. The zero-order valence-corrected chi connectivity index (χ0v) is 12.9. The molecule has 0 aromatic heterocycles. The average Bonchev–Trinajstić information content (AvgIpc) is 2.50. The first-order valence-corrected chi connectivity index (χ1v) is 8.03. The molecule has 0 saturated heterocycles. The fourth-order valence-corrected chi connectivity index (χ4v) is 3.32. The number of halogens is 2. The molecule has 0 amide bonds. The van der Waals surface area contributed by atoms with Crippen LogP contribution in [0.3, 0.4) is 0 Å². The van der Waals surface area contributed by atoms with E-state index in [4.69, 9.17) is 10.0 Å². The van der Waals surface area contributed by atoms with Gasteiger partial charge in [0.25, 0.3) is 0 Å². The molecule has 122 valence electrons. The molecule has 1 aromatic rings. The summed E-state index contributed by atoms with van der Waals surface area (Å²) in [7, 11) is -2.16. The Morgan fingerprint density at radius 3 is 2.41 bits per heavy atom. The van der Waals surface area contributed by atoms with Gasteiger partial charge in [0.2, 0.25) is 0 Å². The average molecular weight is 312 g/mol. The van der Waals surface area contributed by atoms with Crippen LogP contribution in [0.4, 0.5) is 8.78 Å². The van der Waals surface area contributed by atoms with Gasteiger partial charge < -0.3 is 14.7 Å². The Balaban J connectivity index is 2.03. The van der Waals surface area contributed by atoms with Gasteiger partial charge in [0.15, 0.2) is 11.6 Å². The maximum absolute atomic E-state index is 14.2. The molecular weight excluding hydrogens is 289 g/mol. The van der Waals surface area contributed by atoms with Gasteiger partial charge in [-0.1, -0.05) is 32.3 Å². The molecule has 1 aromatic carbocycles. The van der Waals surface area contributed by atoms with Crippen molar-refractivity contribution in [3.63, 3.8) is 0 Å². The van der Waals surface area contributed by atoms with Gasteiger partial charge in [-0.2, -0.15) is 4.39 Å².